The van der Waals surface area contributed by atoms with Crippen molar-refractivity contribution < 1.29 is 27.1 Å². The number of anilines is 1. The van der Waals surface area contributed by atoms with Gasteiger partial charge in [-0.2, -0.15) is 8.78 Å². The van der Waals surface area contributed by atoms with Gasteiger partial charge in [-0.25, -0.2) is 18.4 Å². The molecule has 0 aliphatic rings. The lowest BCUT2D eigenvalue weighted by Crippen LogP contribution is -2.14. The second-order valence-corrected chi connectivity index (χ2v) is 5.38. The number of carbonyl (C=O) groups is 1. The highest BCUT2D eigenvalue weighted by molar-refractivity contribution is 6.01. The Balaban J connectivity index is 1.80. The lowest BCUT2D eigenvalue weighted by atomic mass is 10.3. The molecule has 1 amide bonds. The molecular weight excluding hydrogens is 368 g/mol. The largest absolute Gasteiger partial charge is 0.435 e. The van der Waals surface area contributed by atoms with Crippen LogP contribution in [0, 0.1) is 18.6 Å². The zero-order valence-electron chi connectivity index (χ0n) is 13.8. The molecule has 27 heavy (non-hydrogen) atoms. The number of nitrogens with one attached hydrogen (secondary N) is 1. The summed E-state index contributed by atoms with van der Waals surface area (Å²) >= 11 is 0. The highest BCUT2D eigenvalue weighted by Crippen LogP contribution is 2.18. The Labute approximate surface area is 150 Å². The molecule has 0 radical (unpaired) electrons. The van der Waals surface area contributed by atoms with Crippen molar-refractivity contribution >= 4 is 11.6 Å². The van der Waals surface area contributed by atoms with Crippen LogP contribution in [-0.2, 0) is 0 Å². The first kappa shape index (κ1) is 18.4. The molecule has 0 atom stereocenters. The minimum atomic E-state index is -2.94. The molecule has 0 spiro atoms. The van der Waals surface area contributed by atoms with Crippen molar-refractivity contribution in [3.63, 3.8) is 0 Å². The van der Waals surface area contributed by atoms with Gasteiger partial charge in [0, 0.05) is 11.8 Å². The summed E-state index contributed by atoms with van der Waals surface area (Å²) < 4.78 is 56.3. The summed E-state index contributed by atoms with van der Waals surface area (Å²) in [6, 6.07) is 8.13. The molecule has 6 nitrogen and oxygen atoms in total. The number of ether oxygens (including phenoxy) is 1. The van der Waals surface area contributed by atoms with E-state index in [1.807, 2.05) is 0 Å². The second-order valence-electron chi connectivity index (χ2n) is 5.38. The molecule has 0 saturated carbocycles. The maximum atomic E-state index is 13.2. The maximum Gasteiger partial charge on any atom is 0.387 e. The molecule has 0 aliphatic heterocycles. The Morgan fingerprint density at radius 3 is 2.33 bits per heavy atom. The molecule has 3 aromatic rings. The number of aromatic nitrogens is 3. The predicted molar refractivity (Wildman–Crippen MR) is 87.0 cm³/mol. The number of nitrogens with zero attached hydrogens (tertiary/aromatic N) is 3. The van der Waals surface area contributed by atoms with Crippen molar-refractivity contribution in [3.8, 4) is 11.4 Å². The first-order valence-corrected chi connectivity index (χ1v) is 7.58. The van der Waals surface area contributed by atoms with E-state index in [9.17, 15) is 22.4 Å². The van der Waals surface area contributed by atoms with Gasteiger partial charge in [-0.15, -0.1) is 5.10 Å². The second kappa shape index (κ2) is 7.44. The summed E-state index contributed by atoms with van der Waals surface area (Å²) in [5.41, 5.74) is 0.373. The number of rotatable bonds is 5. The minimum absolute atomic E-state index is 0.0300. The van der Waals surface area contributed by atoms with Crippen LogP contribution in [0.2, 0.25) is 0 Å². The van der Waals surface area contributed by atoms with E-state index in [1.54, 1.807) is 6.92 Å². The zero-order valence-corrected chi connectivity index (χ0v) is 13.8. The lowest BCUT2D eigenvalue weighted by molar-refractivity contribution is -0.0498. The number of hydrogen-bond acceptors (Lipinski definition) is 4. The van der Waals surface area contributed by atoms with Crippen molar-refractivity contribution in [3.05, 3.63) is 65.7 Å². The van der Waals surface area contributed by atoms with Crippen LogP contribution in [0.4, 0.5) is 23.2 Å². The van der Waals surface area contributed by atoms with Gasteiger partial charge in [0.25, 0.3) is 5.91 Å². The van der Waals surface area contributed by atoms with Gasteiger partial charge < -0.3 is 10.1 Å². The summed E-state index contributed by atoms with van der Waals surface area (Å²) in [5.74, 6) is -2.37. The Morgan fingerprint density at radius 1 is 1.11 bits per heavy atom. The Hall–Kier alpha value is -3.43. The summed E-state index contributed by atoms with van der Waals surface area (Å²) in [4.78, 5) is 16.2. The van der Waals surface area contributed by atoms with Crippen LogP contribution in [0.25, 0.3) is 5.69 Å². The van der Waals surface area contributed by atoms with E-state index in [1.165, 1.54) is 28.9 Å². The van der Waals surface area contributed by atoms with Crippen LogP contribution in [0.15, 0.2) is 42.5 Å². The van der Waals surface area contributed by atoms with Gasteiger partial charge in [0.15, 0.2) is 0 Å². The van der Waals surface area contributed by atoms with E-state index in [-0.39, 0.29) is 17.3 Å². The van der Waals surface area contributed by atoms with Crippen LogP contribution in [0.3, 0.4) is 0 Å². The molecule has 0 bridgehead atoms. The molecule has 0 unspecified atom stereocenters. The van der Waals surface area contributed by atoms with E-state index in [0.717, 1.165) is 12.1 Å². The molecule has 140 valence electrons. The van der Waals surface area contributed by atoms with Crippen molar-refractivity contribution in [2.45, 2.75) is 13.5 Å². The van der Waals surface area contributed by atoms with E-state index in [4.69, 9.17) is 0 Å². The number of hydrogen-bond donors (Lipinski definition) is 1. The average Bonchev–Trinajstić information content (AvgIpc) is 2.96. The van der Waals surface area contributed by atoms with Crippen molar-refractivity contribution in [1.82, 2.24) is 14.8 Å². The fourth-order valence-electron chi connectivity index (χ4n) is 2.31. The molecule has 1 N–H and O–H groups in total. The third kappa shape index (κ3) is 4.40. The SMILES string of the molecule is Cc1nc(C(=O)Nc2cc(F)cc(F)c2)nn1-c1ccc(OC(F)F)cc1. The van der Waals surface area contributed by atoms with Crippen molar-refractivity contribution in [2.75, 3.05) is 5.32 Å². The van der Waals surface area contributed by atoms with E-state index in [0.29, 0.717) is 17.6 Å². The normalized spacial score (nSPS) is 10.9. The fourth-order valence-corrected chi connectivity index (χ4v) is 2.31. The van der Waals surface area contributed by atoms with E-state index < -0.39 is 24.2 Å². The first-order chi connectivity index (χ1) is 12.8. The smallest absolute Gasteiger partial charge is 0.387 e. The Kier molecular flexibility index (Phi) is 5.06. The molecule has 1 aromatic heterocycles. The fraction of sp³-hybridized carbons (Fsp3) is 0.118. The number of carbonyl (C=O) groups excluding carboxylic acids is 1. The highest BCUT2D eigenvalue weighted by Gasteiger charge is 2.16. The molecule has 0 aliphatic carbocycles. The summed E-state index contributed by atoms with van der Waals surface area (Å²) in [7, 11) is 0. The summed E-state index contributed by atoms with van der Waals surface area (Å²) in [6.45, 7) is -1.36. The van der Waals surface area contributed by atoms with Crippen molar-refractivity contribution in [2.24, 2.45) is 0 Å². The van der Waals surface area contributed by atoms with Gasteiger partial charge in [0.05, 0.1) is 5.69 Å². The molecule has 1 heterocycles. The third-order valence-corrected chi connectivity index (χ3v) is 3.40. The van der Waals surface area contributed by atoms with Gasteiger partial charge >= 0.3 is 6.61 Å². The highest BCUT2D eigenvalue weighted by atomic mass is 19.3. The lowest BCUT2D eigenvalue weighted by Gasteiger charge is -2.06. The van der Waals surface area contributed by atoms with Gasteiger partial charge in [-0.05, 0) is 43.3 Å². The molecular formula is C17H12F4N4O2. The zero-order chi connectivity index (χ0) is 19.6. The summed E-state index contributed by atoms with van der Waals surface area (Å²) in [5, 5.41) is 6.33. The Bertz CT molecular complexity index is 953. The van der Waals surface area contributed by atoms with Crippen LogP contribution < -0.4 is 10.1 Å². The van der Waals surface area contributed by atoms with Gasteiger partial charge in [0.1, 0.15) is 23.2 Å². The predicted octanol–water partition coefficient (Wildman–Crippen LogP) is 3.71. The number of aryl methyl sites for hydroxylation is 1. The topological polar surface area (TPSA) is 69.0 Å². The van der Waals surface area contributed by atoms with E-state index in [2.05, 4.69) is 20.1 Å². The van der Waals surface area contributed by atoms with Gasteiger partial charge in [0.2, 0.25) is 5.82 Å². The number of benzene rings is 2. The van der Waals surface area contributed by atoms with Crippen LogP contribution in [-0.4, -0.2) is 27.3 Å². The Morgan fingerprint density at radius 2 is 1.74 bits per heavy atom. The van der Waals surface area contributed by atoms with Crippen LogP contribution >= 0.6 is 0 Å². The van der Waals surface area contributed by atoms with Gasteiger partial charge in [-0.3, -0.25) is 4.79 Å². The first-order valence-electron chi connectivity index (χ1n) is 7.58. The van der Waals surface area contributed by atoms with Gasteiger partial charge in [-0.1, -0.05) is 0 Å². The van der Waals surface area contributed by atoms with Crippen molar-refractivity contribution in [1.29, 1.82) is 0 Å². The molecule has 0 saturated heterocycles. The van der Waals surface area contributed by atoms with Crippen LogP contribution in [0.1, 0.15) is 16.4 Å². The average molecular weight is 380 g/mol. The minimum Gasteiger partial charge on any atom is -0.435 e. The number of alkyl halides is 2. The number of halogens is 4. The molecule has 10 heteroatoms. The monoisotopic (exact) mass is 380 g/mol. The quantitative estimate of drug-likeness (QED) is 0.686. The number of amides is 1. The van der Waals surface area contributed by atoms with Crippen LogP contribution in [0.5, 0.6) is 5.75 Å². The van der Waals surface area contributed by atoms with E-state index >= 15 is 0 Å². The molecule has 3 rings (SSSR count). The summed E-state index contributed by atoms with van der Waals surface area (Å²) in [6.07, 6.45) is 0. The maximum absolute atomic E-state index is 13.2. The molecule has 0 fully saturated rings. The third-order valence-electron chi connectivity index (χ3n) is 3.40. The standard InChI is InChI=1S/C17H12F4N4O2/c1-9-22-15(16(26)23-12-7-10(18)6-11(19)8-12)24-25(9)13-2-4-14(5-3-13)27-17(20)21/h2-8,17H,1H3,(H,23,26). The molecule has 2 aromatic carbocycles.